The number of hydrogen-bond acceptors (Lipinski definition) is 5. The largest absolute Gasteiger partial charge is 0.495 e. The zero-order valence-corrected chi connectivity index (χ0v) is 15.6. The van der Waals surface area contributed by atoms with Gasteiger partial charge >= 0.3 is 5.97 Å². The summed E-state index contributed by atoms with van der Waals surface area (Å²) < 4.78 is 5.35. The molecule has 2 N–H and O–H groups in total. The Bertz CT molecular complexity index is 803. The highest BCUT2D eigenvalue weighted by molar-refractivity contribution is 5.77. The van der Waals surface area contributed by atoms with E-state index in [0.717, 1.165) is 17.8 Å². The number of non-ortho nitro benzene ring substituents is 1. The molecule has 2 aromatic carbocycles. The maximum Gasteiger partial charge on any atom is 0.311 e. The van der Waals surface area contributed by atoms with Crippen molar-refractivity contribution in [2.45, 2.75) is 26.2 Å². The molecule has 0 aromatic heterocycles. The SMILES string of the molecule is COc1ccc(C(Cc2ccc([N+](=O)[O-])cc2)C(=O)O)cc1NCC(C)C. The smallest absolute Gasteiger partial charge is 0.311 e. The first-order valence-electron chi connectivity index (χ1n) is 8.69. The molecule has 0 spiro atoms. The van der Waals surface area contributed by atoms with E-state index in [1.807, 2.05) is 0 Å². The van der Waals surface area contributed by atoms with E-state index < -0.39 is 16.8 Å². The lowest BCUT2D eigenvalue weighted by molar-refractivity contribution is -0.384. The van der Waals surface area contributed by atoms with Gasteiger partial charge in [0.05, 0.1) is 23.6 Å². The van der Waals surface area contributed by atoms with E-state index in [1.54, 1.807) is 37.4 Å². The van der Waals surface area contributed by atoms with Crippen LogP contribution in [-0.2, 0) is 11.2 Å². The Morgan fingerprint density at radius 2 is 1.89 bits per heavy atom. The van der Waals surface area contributed by atoms with Gasteiger partial charge in [-0.1, -0.05) is 32.0 Å². The first-order valence-corrected chi connectivity index (χ1v) is 8.69. The van der Waals surface area contributed by atoms with Crippen LogP contribution in [0.1, 0.15) is 30.9 Å². The van der Waals surface area contributed by atoms with E-state index in [2.05, 4.69) is 19.2 Å². The maximum atomic E-state index is 11.9. The van der Waals surface area contributed by atoms with Crippen LogP contribution in [0, 0.1) is 16.0 Å². The summed E-state index contributed by atoms with van der Waals surface area (Å²) in [5.41, 5.74) is 2.10. The molecule has 0 saturated heterocycles. The van der Waals surface area contributed by atoms with Crippen LogP contribution in [0.4, 0.5) is 11.4 Å². The standard InChI is InChI=1S/C20H24N2O5/c1-13(2)12-21-18-11-15(6-9-19(18)27-3)17(20(23)24)10-14-4-7-16(8-5-14)22(25)26/h4-9,11,13,17,21H,10,12H2,1-3H3,(H,23,24). The number of nitro benzene ring substituents is 1. The number of carbonyl (C=O) groups is 1. The zero-order valence-electron chi connectivity index (χ0n) is 15.6. The van der Waals surface area contributed by atoms with Gasteiger partial charge in [-0.15, -0.1) is 0 Å². The molecule has 7 heteroatoms. The van der Waals surface area contributed by atoms with Crippen molar-refractivity contribution in [1.29, 1.82) is 0 Å². The molecule has 0 fully saturated rings. The van der Waals surface area contributed by atoms with E-state index >= 15 is 0 Å². The van der Waals surface area contributed by atoms with Gasteiger partial charge in [-0.3, -0.25) is 14.9 Å². The zero-order chi connectivity index (χ0) is 20.0. The Morgan fingerprint density at radius 3 is 2.41 bits per heavy atom. The summed E-state index contributed by atoms with van der Waals surface area (Å²) in [6, 6.07) is 11.2. The molecule has 0 radical (unpaired) electrons. The molecule has 27 heavy (non-hydrogen) atoms. The number of rotatable bonds is 9. The third-order valence-corrected chi connectivity index (χ3v) is 4.21. The van der Waals surface area contributed by atoms with Crippen LogP contribution in [0.25, 0.3) is 0 Å². The van der Waals surface area contributed by atoms with Gasteiger partial charge in [0, 0.05) is 18.7 Å². The number of hydrogen-bond donors (Lipinski definition) is 2. The predicted octanol–water partition coefficient (Wildman–Crippen LogP) is 4.08. The Hall–Kier alpha value is -3.09. The van der Waals surface area contributed by atoms with Crippen LogP contribution >= 0.6 is 0 Å². The van der Waals surface area contributed by atoms with E-state index in [1.165, 1.54) is 12.1 Å². The number of carboxylic acids is 1. The summed E-state index contributed by atoms with van der Waals surface area (Å²) in [5, 5.41) is 23.8. The van der Waals surface area contributed by atoms with Gasteiger partial charge in [0.1, 0.15) is 5.75 Å². The van der Waals surface area contributed by atoms with Gasteiger partial charge in [-0.25, -0.2) is 0 Å². The van der Waals surface area contributed by atoms with Crippen LogP contribution < -0.4 is 10.1 Å². The van der Waals surface area contributed by atoms with Gasteiger partial charge in [0.15, 0.2) is 0 Å². The van der Waals surface area contributed by atoms with Crippen LogP contribution in [0.2, 0.25) is 0 Å². The monoisotopic (exact) mass is 372 g/mol. The molecule has 0 aliphatic carbocycles. The number of aliphatic carboxylic acids is 1. The summed E-state index contributed by atoms with van der Waals surface area (Å²) in [5.74, 6) is -0.641. The van der Waals surface area contributed by atoms with E-state index in [4.69, 9.17) is 4.74 Å². The molecule has 2 rings (SSSR count). The van der Waals surface area contributed by atoms with Crippen molar-refractivity contribution in [3.05, 3.63) is 63.7 Å². The number of nitro groups is 1. The van der Waals surface area contributed by atoms with Crippen molar-refractivity contribution in [1.82, 2.24) is 0 Å². The average Bonchev–Trinajstić information content (AvgIpc) is 2.64. The normalized spacial score (nSPS) is 11.9. The highest BCUT2D eigenvalue weighted by Crippen LogP contribution is 2.31. The first-order chi connectivity index (χ1) is 12.8. The Morgan fingerprint density at radius 1 is 1.22 bits per heavy atom. The number of benzene rings is 2. The minimum atomic E-state index is -0.951. The Kier molecular flexibility index (Phi) is 6.76. The molecule has 0 aliphatic heterocycles. The number of nitrogens with zero attached hydrogens (tertiary/aromatic N) is 1. The fraction of sp³-hybridized carbons (Fsp3) is 0.350. The molecule has 0 aliphatic rings. The molecular weight excluding hydrogens is 348 g/mol. The van der Waals surface area contributed by atoms with Crippen LogP contribution in [0.3, 0.4) is 0 Å². The second-order valence-electron chi connectivity index (χ2n) is 6.75. The topological polar surface area (TPSA) is 102 Å². The van der Waals surface area contributed by atoms with Gasteiger partial charge in [-0.05, 0) is 35.6 Å². The molecule has 1 unspecified atom stereocenters. The van der Waals surface area contributed by atoms with E-state index in [0.29, 0.717) is 17.2 Å². The Labute approximate surface area is 158 Å². The summed E-state index contributed by atoms with van der Waals surface area (Å²) in [7, 11) is 1.57. The van der Waals surface area contributed by atoms with Crippen LogP contribution in [0.5, 0.6) is 5.75 Å². The van der Waals surface area contributed by atoms with E-state index in [9.17, 15) is 20.0 Å². The number of carboxylic acid groups (broad SMARTS) is 1. The highest BCUT2D eigenvalue weighted by atomic mass is 16.6. The molecule has 0 bridgehead atoms. The predicted molar refractivity (Wildman–Crippen MR) is 103 cm³/mol. The summed E-state index contributed by atoms with van der Waals surface area (Å²) in [4.78, 5) is 22.1. The van der Waals surface area contributed by atoms with Crippen LogP contribution in [0.15, 0.2) is 42.5 Å². The van der Waals surface area contributed by atoms with Gasteiger partial charge in [0.25, 0.3) is 5.69 Å². The fourth-order valence-electron chi connectivity index (χ4n) is 2.73. The quantitative estimate of drug-likeness (QED) is 0.508. The number of methoxy groups -OCH3 is 1. The second-order valence-corrected chi connectivity index (χ2v) is 6.75. The lowest BCUT2D eigenvalue weighted by Crippen LogP contribution is -2.15. The first kappa shape index (κ1) is 20.2. The third kappa shape index (κ3) is 5.44. The Balaban J connectivity index is 2.28. The summed E-state index contributed by atoms with van der Waals surface area (Å²) >= 11 is 0. The number of anilines is 1. The van der Waals surface area contributed by atoms with Crippen molar-refractivity contribution < 1.29 is 19.6 Å². The third-order valence-electron chi connectivity index (χ3n) is 4.21. The molecule has 0 amide bonds. The van der Waals surface area contributed by atoms with Crippen molar-refractivity contribution in [3.8, 4) is 5.75 Å². The molecule has 2 aromatic rings. The molecule has 0 saturated carbocycles. The van der Waals surface area contributed by atoms with Gasteiger partial charge < -0.3 is 15.2 Å². The average molecular weight is 372 g/mol. The molecule has 144 valence electrons. The summed E-state index contributed by atoms with van der Waals surface area (Å²) in [6.45, 7) is 4.90. The minimum absolute atomic E-state index is 0.0183. The highest BCUT2D eigenvalue weighted by Gasteiger charge is 2.22. The number of ether oxygens (including phenoxy) is 1. The van der Waals surface area contributed by atoms with Crippen molar-refractivity contribution in [2.75, 3.05) is 19.0 Å². The van der Waals surface area contributed by atoms with E-state index in [-0.39, 0.29) is 12.1 Å². The molecule has 0 heterocycles. The van der Waals surface area contributed by atoms with Gasteiger partial charge in [0.2, 0.25) is 0 Å². The van der Waals surface area contributed by atoms with Gasteiger partial charge in [-0.2, -0.15) is 0 Å². The lowest BCUT2D eigenvalue weighted by Gasteiger charge is -2.18. The molecule has 1 atom stereocenters. The van der Waals surface area contributed by atoms with Crippen LogP contribution in [-0.4, -0.2) is 29.7 Å². The van der Waals surface area contributed by atoms with Crippen molar-refractivity contribution >= 4 is 17.3 Å². The number of nitrogens with one attached hydrogen (secondary N) is 1. The second kappa shape index (κ2) is 9.02. The minimum Gasteiger partial charge on any atom is -0.495 e. The van der Waals surface area contributed by atoms with Crippen molar-refractivity contribution in [3.63, 3.8) is 0 Å². The van der Waals surface area contributed by atoms with Crippen molar-refractivity contribution in [2.24, 2.45) is 5.92 Å². The summed E-state index contributed by atoms with van der Waals surface area (Å²) in [6.07, 6.45) is 0.239. The lowest BCUT2D eigenvalue weighted by atomic mass is 9.91. The molecular formula is C20H24N2O5. The fourth-order valence-corrected chi connectivity index (χ4v) is 2.73. The maximum absolute atomic E-state index is 11.9. The molecule has 7 nitrogen and oxygen atoms in total.